The lowest BCUT2D eigenvalue weighted by molar-refractivity contribution is -0.144. The van der Waals surface area contributed by atoms with E-state index in [1.165, 1.54) is 4.90 Å². The van der Waals surface area contributed by atoms with E-state index in [-0.39, 0.29) is 58.4 Å². The van der Waals surface area contributed by atoms with E-state index >= 15 is 0 Å². The predicted molar refractivity (Wildman–Crippen MR) is 159 cm³/mol. The average molecular weight is 620 g/mol. The quantitative estimate of drug-likeness (QED) is 0.196. The number of aliphatic hydroxyl groups excluding tert-OH is 1. The van der Waals surface area contributed by atoms with Crippen LogP contribution in [0.15, 0.2) is 29.8 Å². The third-order valence-corrected chi connectivity index (χ3v) is 7.82. The Morgan fingerprint density at radius 1 is 1.09 bits per heavy atom. The van der Waals surface area contributed by atoms with Gasteiger partial charge in [0.2, 0.25) is 17.7 Å². The van der Waals surface area contributed by atoms with Crippen LogP contribution in [0.4, 0.5) is 4.79 Å². The molecule has 13 nitrogen and oxygen atoms in total. The molecule has 1 aromatic heterocycles. The monoisotopic (exact) mass is 619 g/mol. The zero-order valence-corrected chi connectivity index (χ0v) is 25.7. The Balaban J connectivity index is 1.53. The van der Waals surface area contributed by atoms with Crippen LogP contribution in [-0.4, -0.2) is 102 Å². The minimum atomic E-state index is -1.14. The molecule has 0 saturated carbocycles. The minimum Gasteiger partial charge on any atom is -0.465 e. The van der Waals surface area contributed by atoms with E-state index in [4.69, 9.17) is 14.6 Å². The van der Waals surface area contributed by atoms with Gasteiger partial charge in [0.25, 0.3) is 0 Å². The van der Waals surface area contributed by atoms with Gasteiger partial charge in [-0.1, -0.05) is 45.0 Å². The number of nitrogens with one attached hydrogen (secondary N) is 3. The summed E-state index contributed by atoms with van der Waals surface area (Å²) >= 11 is 1.57. The standard InChI is InChI=1S/C29H41N5O8S/c1-18-24(43-17-32-18)20-7-5-19(6-8-20)14-31-26(37)22-13-21(35)15-34(22)27(38)25(29(2,3)4)33-23(36)16-42-12-11-41-10-9-30-28(39)40/h5-8,17,21-22,25,30,35H,9-16H2,1-4H3,(H,31,37)(H,33,36)(H,39,40)/t21-,22+,25?/m1/s1. The van der Waals surface area contributed by atoms with E-state index in [0.717, 1.165) is 21.7 Å². The van der Waals surface area contributed by atoms with Crippen LogP contribution < -0.4 is 16.0 Å². The number of carboxylic acid groups (broad SMARTS) is 1. The van der Waals surface area contributed by atoms with Crippen molar-refractivity contribution in [2.45, 2.75) is 58.8 Å². The molecule has 3 rings (SSSR count). The first-order valence-electron chi connectivity index (χ1n) is 14.0. The number of rotatable bonds is 14. The van der Waals surface area contributed by atoms with Gasteiger partial charge in [0, 0.05) is 26.1 Å². The van der Waals surface area contributed by atoms with Gasteiger partial charge in [-0.15, -0.1) is 11.3 Å². The number of β-amino-alcohol motifs (C(OH)–C–C–N with tert-alkyl or cyclic N) is 1. The zero-order valence-electron chi connectivity index (χ0n) is 24.9. The van der Waals surface area contributed by atoms with E-state index in [9.17, 15) is 24.3 Å². The number of nitrogens with zero attached hydrogens (tertiary/aromatic N) is 2. The highest BCUT2D eigenvalue weighted by Gasteiger charge is 2.44. The molecule has 4 amide bonds. The molecule has 1 fully saturated rings. The van der Waals surface area contributed by atoms with E-state index in [0.29, 0.717) is 0 Å². The molecule has 1 aliphatic heterocycles. The number of carbonyl (C=O) groups excluding carboxylic acids is 3. The molecule has 2 aromatic rings. The molecule has 1 aliphatic rings. The maximum absolute atomic E-state index is 13.7. The summed E-state index contributed by atoms with van der Waals surface area (Å²) in [6, 6.07) is 5.96. The number of aryl methyl sites for hydroxylation is 1. The lowest BCUT2D eigenvalue weighted by atomic mass is 9.85. The Morgan fingerprint density at radius 2 is 1.79 bits per heavy atom. The van der Waals surface area contributed by atoms with Crippen LogP contribution in [0.2, 0.25) is 0 Å². The topological polar surface area (TPSA) is 179 Å². The first kappa shape index (κ1) is 33.9. The van der Waals surface area contributed by atoms with E-state index in [1.54, 1.807) is 37.6 Å². The van der Waals surface area contributed by atoms with Crippen LogP contribution in [0.3, 0.4) is 0 Å². The summed E-state index contributed by atoms with van der Waals surface area (Å²) in [6.45, 7) is 7.84. The molecule has 0 spiro atoms. The van der Waals surface area contributed by atoms with Crippen molar-refractivity contribution in [2.75, 3.05) is 39.5 Å². The predicted octanol–water partition coefficient (Wildman–Crippen LogP) is 1.53. The largest absolute Gasteiger partial charge is 0.465 e. The molecule has 43 heavy (non-hydrogen) atoms. The Labute approximate surface area is 255 Å². The molecular weight excluding hydrogens is 578 g/mol. The smallest absolute Gasteiger partial charge is 0.404 e. The van der Waals surface area contributed by atoms with Crippen LogP contribution >= 0.6 is 11.3 Å². The third-order valence-electron chi connectivity index (χ3n) is 6.84. The number of amides is 4. The van der Waals surface area contributed by atoms with Gasteiger partial charge < -0.3 is 40.5 Å². The van der Waals surface area contributed by atoms with Crippen molar-refractivity contribution in [2.24, 2.45) is 5.41 Å². The molecule has 0 bridgehead atoms. The molecule has 1 aromatic carbocycles. The van der Waals surface area contributed by atoms with E-state index in [1.807, 2.05) is 31.2 Å². The van der Waals surface area contributed by atoms with Crippen LogP contribution in [0.1, 0.15) is 38.4 Å². The summed E-state index contributed by atoms with van der Waals surface area (Å²) in [4.78, 5) is 56.6. The normalized spacial score (nSPS) is 17.4. The van der Waals surface area contributed by atoms with Crippen LogP contribution in [0, 0.1) is 12.3 Å². The third kappa shape index (κ3) is 10.3. The van der Waals surface area contributed by atoms with Crippen molar-refractivity contribution >= 4 is 35.2 Å². The number of thiazole rings is 1. The van der Waals surface area contributed by atoms with Crippen LogP contribution in [0.5, 0.6) is 0 Å². The maximum atomic E-state index is 13.7. The fraction of sp³-hybridized carbons (Fsp3) is 0.552. The van der Waals surface area contributed by atoms with Crippen molar-refractivity contribution in [1.82, 2.24) is 25.8 Å². The second kappa shape index (κ2) is 15.8. The Hall–Kier alpha value is -3.59. The van der Waals surface area contributed by atoms with Crippen molar-refractivity contribution in [3.63, 3.8) is 0 Å². The number of aromatic nitrogens is 1. The summed E-state index contributed by atoms with van der Waals surface area (Å²) in [7, 11) is 0. The van der Waals surface area contributed by atoms with Gasteiger partial charge in [-0.3, -0.25) is 14.4 Å². The summed E-state index contributed by atoms with van der Waals surface area (Å²) in [5.41, 5.74) is 4.00. The highest BCUT2D eigenvalue weighted by atomic mass is 32.1. The summed E-state index contributed by atoms with van der Waals surface area (Å²) < 4.78 is 10.5. The summed E-state index contributed by atoms with van der Waals surface area (Å²) in [6.07, 6.45) is -1.91. The minimum absolute atomic E-state index is 0.0210. The maximum Gasteiger partial charge on any atom is 0.404 e. The van der Waals surface area contributed by atoms with E-state index < -0.39 is 41.5 Å². The summed E-state index contributed by atoms with van der Waals surface area (Å²) in [5, 5.41) is 26.7. The van der Waals surface area contributed by atoms with Gasteiger partial charge in [0.05, 0.1) is 42.0 Å². The van der Waals surface area contributed by atoms with Gasteiger partial charge in [-0.05, 0) is 23.5 Å². The molecule has 3 atom stereocenters. The number of carbonyl (C=O) groups is 4. The molecule has 5 N–H and O–H groups in total. The second-order valence-corrected chi connectivity index (χ2v) is 12.2. The first-order chi connectivity index (χ1) is 20.4. The van der Waals surface area contributed by atoms with Gasteiger partial charge in [-0.25, -0.2) is 9.78 Å². The van der Waals surface area contributed by atoms with Crippen molar-refractivity contribution in [3.8, 4) is 10.4 Å². The van der Waals surface area contributed by atoms with Gasteiger partial charge in [-0.2, -0.15) is 0 Å². The second-order valence-electron chi connectivity index (χ2n) is 11.3. The molecule has 0 radical (unpaired) electrons. The fourth-order valence-electron chi connectivity index (χ4n) is 4.60. The molecule has 2 heterocycles. The SMILES string of the molecule is Cc1ncsc1-c1ccc(CNC(=O)[C@@H]2C[C@@H](O)CN2C(=O)C(NC(=O)COCCOCCNC(=O)O)C(C)(C)C)cc1. The number of hydrogen-bond acceptors (Lipinski definition) is 9. The molecule has 1 saturated heterocycles. The number of benzene rings is 1. The fourth-order valence-corrected chi connectivity index (χ4v) is 5.41. The Morgan fingerprint density at radius 3 is 2.42 bits per heavy atom. The molecule has 236 valence electrons. The van der Waals surface area contributed by atoms with E-state index in [2.05, 4.69) is 20.9 Å². The number of aliphatic hydroxyl groups is 1. The number of likely N-dealkylation sites (tertiary alicyclic amines) is 1. The zero-order chi connectivity index (χ0) is 31.6. The summed E-state index contributed by atoms with van der Waals surface area (Å²) in [5.74, 6) is -1.36. The van der Waals surface area contributed by atoms with Crippen LogP contribution in [0.25, 0.3) is 10.4 Å². The highest BCUT2D eigenvalue weighted by molar-refractivity contribution is 7.13. The number of ether oxygens (including phenoxy) is 2. The van der Waals surface area contributed by atoms with Gasteiger partial charge in [0.15, 0.2) is 0 Å². The highest BCUT2D eigenvalue weighted by Crippen LogP contribution is 2.28. The number of hydrogen-bond donors (Lipinski definition) is 5. The molecular formula is C29H41N5O8S. The van der Waals surface area contributed by atoms with Gasteiger partial charge in [0.1, 0.15) is 18.7 Å². The van der Waals surface area contributed by atoms with Gasteiger partial charge >= 0.3 is 6.09 Å². The van der Waals surface area contributed by atoms with Crippen molar-refractivity contribution < 1.29 is 38.9 Å². The molecule has 0 aliphatic carbocycles. The van der Waals surface area contributed by atoms with Crippen LogP contribution in [-0.2, 0) is 30.4 Å². The average Bonchev–Trinajstić information content (AvgIpc) is 3.56. The first-order valence-corrected chi connectivity index (χ1v) is 14.9. The van der Waals surface area contributed by atoms with Crippen molar-refractivity contribution in [1.29, 1.82) is 0 Å². The molecule has 14 heteroatoms. The lowest BCUT2D eigenvalue weighted by Gasteiger charge is -2.35. The Kier molecular flexibility index (Phi) is 12.4. The Bertz CT molecular complexity index is 1250. The molecule has 1 unspecified atom stereocenters. The van der Waals surface area contributed by atoms with Crippen molar-refractivity contribution in [3.05, 3.63) is 41.0 Å². The lowest BCUT2D eigenvalue weighted by Crippen LogP contribution is -2.58.